The monoisotopic (exact) mass is 2870 g/mol. The number of alkyl halides is 3. The van der Waals surface area contributed by atoms with Gasteiger partial charge < -0.3 is 24.9 Å². The molecule has 0 fully saturated rings. The molecule has 20 aromatic rings. The average Bonchev–Trinajstić information content (AvgIpc) is 0.538. The normalized spacial score (nSPS) is 10.8. The summed E-state index contributed by atoms with van der Waals surface area (Å²) in [6.07, 6.45) is 28.7. The summed E-state index contributed by atoms with van der Waals surface area (Å²) < 4.78 is 98.7. The number of fused-ring (bicyclic) bond motifs is 5. The summed E-state index contributed by atoms with van der Waals surface area (Å²) in [6.45, 7) is 11.1. The predicted molar refractivity (Wildman–Crippen MR) is 583 cm³/mol. The summed E-state index contributed by atoms with van der Waals surface area (Å²) in [5.41, 5.74) is 21.7. The van der Waals surface area contributed by atoms with Gasteiger partial charge in [-0.1, -0.05) is 352 Å². The molecule has 0 atom stereocenters. The number of hydrogen-bond acceptors (Lipinski definition) is 5. The van der Waals surface area contributed by atoms with Gasteiger partial charge in [0.2, 0.25) is 0 Å². The third-order valence-corrected chi connectivity index (χ3v) is 26.3. The molecule has 0 unspecified atom stereocenters. The van der Waals surface area contributed by atoms with Crippen LogP contribution in [-0.4, -0.2) is 24.9 Å². The van der Waals surface area contributed by atoms with E-state index in [9.17, 15) is 26.3 Å². The van der Waals surface area contributed by atoms with Crippen molar-refractivity contribution in [2.45, 2.75) is 176 Å². The minimum atomic E-state index is -4.49. The minimum absolute atomic E-state index is 0. The van der Waals surface area contributed by atoms with Gasteiger partial charge in [-0.3, -0.25) is 4.39 Å². The Hall–Kier alpha value is -11.9. The Morgan fingerprint density at radius 1 is 0.255 bits per heavy atom. The minimum Gasteiger partial charge on any atom is -0.304 e. The van der Waals surface area contributed by atoms with E-state index < -0.39 is 11.7 Å². The number of hydrogen-bond donors (Lipinski definition) is 0. The van der Waals surface area contributed by atoms with Gasteiger partial charge in [-0.25, -0.2) is 13.2 Å². The first-order valence-electron chi connectivity index (χ1n) is 50.7. The molecule has 0 saturated heterocycles. The summed E-state index contributed by atoms with van der Waals surface area (Å²) in [5.74, 6) is -1.17. The van der Waals surface area contributed by atoms with E-state index in [0.29, 0.717) is 44.6 Å². The van der Waals surface area contributed by atoms with Crippen molar-refractivity contribution in [2.24, 2.45) is 0 Å². The SMILES string of the molecule is CCCCCCc1ccc(-c2cc(-c3nccc4ccccc34)[c-]c(C(F)(F)F)c2)cc1.CCCCCCc1ccc(-c2cc(F)[c-]c(-c3nccc4ccccc34)c2)cc1.CCCCCCc1ccc(-c2cc[c-]c(-c3nccc4ccccc34)c2F)cc1.CCCCc1ccc(-c2cc[c-]c(-c3ncc(F)c4ccccc34)c2)cc1.CCCCc1ccc(-c2cc[c-]c(-c3nccc4cc(F)ccc34)c2)cc1.[Ir].[Ir].[Ir].[Ir].[Ir]. The third kappa shape index (κ3) is 31.6. The second kappa shape index (κ2) is 59.1. The average molecular weight is 2870 g/mol. The molecule has 0 aliphatic heterocycles. The quantitative estimate of drug-likeness (QED) is 0.0246. The zero-order chi connectivity index (χ0) is 99.9. The van der Waals surface area contributed by atoms with Crippen molar-refractivity contribution in [1.82, 2.24) is 24.9 Å². The molecule has 5 radical (unpaired) electrons. The molecule has 5 aromatic heterocycles. The van der Waals surface area contributed by atoms with Crippen LogP contribution in [0.5, 0.6) is 0 Å². The van der Waals surface area contributed by atoms with E-state index in [0.717, 1.165) is 154 Å². The van der Waals surface area contributed by atoms with Crippen molar-refractivity contribution < 1.29 is 131 Å². The molecule has 0 aliphatic carbocycles. The number of halogens is 7. The molecule has 5 nitrogen and oxygen atoms in total. The van der Waals surface area contributed by atoms with E-state index in [1.807, 2.05) is 170 Å². The Kier molecular flexibility index (Phi) is 46.5. The van der Waals surface area contributed by atoms with Crippen molar-refractivity contribution in [1.29, 1.82) is 0 Å². The maximum atomic E-state index is 15.5. The topological polar surface area (TPSA) is 64.5 Å². The second-order valence-electron chi connectivity index (χ2n) is 36.7. The number of pyridine rings is 5. The first-order chi connectivity index (χ1) is 70.5. The van der Waals surface area contributed by atoms with E-state index >= 15 is 4.39 Å². The standard InChI is InChI=1S/C28H25F3N.2C27H25FN.2C25H21FN.5Ir/c1-2-3-4-5-8-20-11-13-21(14-12-20)23-17-24(19-25(18-23)28(29,30)31)27-26-10-7-6-9-22(26)15-16-32-27;1-2-3-4-5-9-20-14-16-22(17-15-20)23-12-8-13-25(26(23)28)27-24-11-7-6-10-21(24)18-19-29-27;1-2-3-4-5-8-20-11-13-21(14-12-20)23-17-24(19-25(28)18-23)27-26-10-7-6-9-22(26)15-16-29-27;1-2-3-7-18-12-14-19(15-13-18)20-8-6-9-21(16-20)25-23-11-5-4-10-22(23)24(26)17-27-25;1-2-3-5-18-8-10-19(11-9-18)20-6-4-7-22(16-20)25-24-13-12-23(26)17-21(24)14-15-27-25;;;;;/h6-7,9-18H,2-5,8H2,1H3;6-8,10-12,14-19H,2-5,9H2,1H3;6-7,9-18H,2-5,8H2,1H3;4-6,8,10-17H,2-3,7H2,1H3;4,6,8-17H,2-3,5H2,1H3;;;;;/q5*-1;;;;;. The zero-order valence-electron chi connectivity index (χ0n) is 84.0. The number of nitrogens with zero attached hydrogens (tertiary/aromatic N) is 5. The zero-order valence-corrected chi connectivity index (χ0v) is 96.0. The molecule has 15 aromatic carbocycles. The van der Waals surface area contributed by atoms with Crippen LogP contribution >= 0.6 is 0 Å². The smallest absolute Gasteiger partial charge is 0.304 e. The Bertz CT molecular complexity index is 7640. The maximum Gasteiger partial charge on any atom is 0.399 e. The van der Waals surface area contributed by atoms with Crippen molar-refractivity contribution in [2.75, 3.05) is 0 Å². The molecule has 0 spiro atoms. The van der Waals surface area contributed by atoms with Crippen molar-refractivity contribution in [3.63, 3.8) is 0 Å². The fourth-order valence-corrected chi connectivity index (χ4v) is 18.3. The predicted octanol–water partition coefficient (Wildman–Crippen LogP) is 37.5. The number of rotatable bonds is 31. The molecule has 0 aliphatic rings. The van der Waals surface area contributed by atoms with Crippen LogP contribution in [0.1, 0.15) is 171 Å². The Labute approximate surface area is 940 Å². The van der Waals surface area contributed by atoms with Crippen LogP contribution < -0.4 is 0 Å². The van der Waals surface area contributed by atoms with Gasteiger partial charge in [0, 0.05) is 142 Å². The van der Waals surface area contributed by atoms with Gasteiger partial charge >= 0.3 is 6.18 Å². The molecule has 0 N–H and O–H groups in total. The van der Waals surface area contributed by atoms with Gasteiger partial charge in [-0.2, -0.15) is 13.2 Å². The van der Waals surface area contributed by atoms with Crippen LogP contribution in [0.2, 0.25) is 0 Å². The van der Waals surface area contributed by atoms with Crippen LogP contribution in [-0.2, 0) is 139 Å². The fourth-order valence-electron chi connectivity index (χ4n) is 18.3. The number of aromatic nitrogens is 5. The van der Waals surface area contributed by atoms with Gasteiger partial charge in [-0.05, 0) is 239 Å². The summed E-state index contributed by atoms with van der Waals surface area (Å²) >= 11 is 0. The number of aryl methyl sites for hydroxylation is 5. The van der Waals surface area contributed by atoms with Gasteiger partial charge in [0.25, 0.3) is 0 Å². The van der Waals surface area contributed by atoms with Crippen molar-refractivity contribution >= 4 is 53.9 Å². The Morgan fingerprint density at radius 2 is 0.597 bits per heavy atom. The van der Waals surface area contributed by atoms with Gasteiger partial charge in [-0.15, -0.1) is 136 Å². The summed E-state index contributed by atoms with van der Waals surface area (Å²) in [6, 6.07) is 123. The molecule has 5 heterocycles. The van der Waals surface area contributed by atoms with Gasteiger partial charge in [0.15, 0.2) is 0 Å². The molecule has 0 amide bonds. The maximum absolute atomic E-state index is 15.5. The van der Waals surface area contributed by atoms with Crippen LogP contribution in [0.25, 0.3) is 166 Å². The largest absolute Gasteiger partial charge is 0.399 e. The molecule has 17 heteroatoms. The van der Waals surface area contributed by atoms with Crippen molar-refractivity contribution in [3.8, 4) is 112 Å². The molecule has 0 saturated carbocycles. The molecule has 149 heavy (non-hydrogen) atoms. The summed E-state index contributed by atoms with van der Waals surface area (Å²) in [7, 11) is 0. The number of benzene rings is 15. The van der Waals surface area contributed by atoms with Gasteiger partial charge in [0.05, 0.1) is 6.20 Å². The van der Waals surface area contributed by atoms with Crippen LogP contribution in [0.4, 0.5) is 30.7 Å². The van der Waals surface area contributed by atoms with Crippen LogP contribution in [0, 0.1) is 53.6 Å². The van der Waals surface area contributed by atoms with Crippen molar-refractivity contribution in [3.05, 3.63) is 452 Å². The summed E-state index contributed by atoms with van der Waals surface area (Å²) in [5, 5.41) is 8.97. The molecule has 0 bridgehead atoms. The summed E-state index contributed by atoms with van der Waals surface area (Å²) in [4.78, 5) is 22.3. The molecule has 20 rings (SSSR count). The second-order valence-corrected chi connectivity index (χ2v) is 36.7. The third-order valence-electron chi connectivity index (χ3n) is 26.3. The number of unbranched alkanes of at least 4 members (excludes halogenated alkanes) is 11. The van der Waals surface area contributed by atoms with E-state index in [2.05, 4.69) is 199 Å². The van der Waals surface area contributed by atoms with E-state index in [-0.39, 0.29) is 124 Å². The molecular weight excluding hydrogens is 2750 g/mol. The fraction of sp³-hybridized carbons (Fsp3) is 0.205. The first kappa shape index (κ1) is 117. The Balaban J connectivity index is 0.000000175. The Morgan fingerprint density at radius 3 is 1.03 bits per heavy atom. The van der Waals surface area contributed by atoms with E-state index in [1.54, 1.807) is 67.3 Å². The first-order valence-corrected chi connectivity index (χ1v) is 50.7. The van der Waals surface area contributed by atoms with E-state index in [4.69, 9.17) is 0 Å². The molecular formula is C132H117F7Ir5N5-5. The van der Waals surface area contributed by atoms with E-state index in [1.165, 1.54) is 148 Å². The van der Waals surface area contributed by atoms with Gasteiger partial charge in [0.1, 0.15) is 11.6 Å². The van der Waals surface area contributed by atoms with Crippen LogP contribution in [0.15, 0.2) is 365 Å². The molecule has 769 valence electrons. The van der Waals surface area contributed by atoms with Crippen LogP contribution in [0.3, 0.4) is 0 Å².